The lowest BCUT2D eigenvalue weighted by Crippen LogP contribution is -2.38. The second-order valence-electron chi connectivity index (χ2n) is 6.68. The van der Waals surface area contributed by atoms with Crippen LogP contribution in [0.3, 0.4) is 0 Å². The molecule has 1 N–H and O–H groups in total. The number of carbonyl (C=O) groups is 1. The number of aryl methyl sites for hydroxylation is 1. The Morgan fingerprint density at radius 1 is 1.21 bits per heavy atom. The summed E-state index contributed by atoms with van der Waals surface area (Å²) >= 11 is 6.07. The Labute approximate surface area is 189 Å². The van der Waals surface area contributed by atoms with Crippen LogP contribution >= 0.6 is 35.6 Å². The predicted molar refractivity (Wildman–Crippen MR) is 127 cm³/mol. The third-order valence-electron chi connectivity index (χ3n) is 4.19. The lowest BCUT2D eigenvalue weighted by molar-refractivity contribution is 0.0827. The maximum absolute atomic E-state index is 12.0. The first-order chi connectivity index (χ1) is 12.8. The zero-order valence-electron chi connectivity index (χ0n) is 17.1. The standard InChI is InChI=1S/C20H28ClN5O.HI/c1-6-22-20(26(5)14-18-11-17(21)13-25(18)4)23-12-15-7-9-16(10-8-15)19(27)24(2)3;/h7-11,13H,6,12,14H2,1-5H3,(H,22,23);1H. The van der Waals surface area contributed by atoms with Gasteiger partial charge in [0.05, 0.1) is 18.1 Å². The topological polar surface area (TPSA) is 52.9 Å². The molecule has 2 rings (SSSR count). The molecule has 6 nitrogen and oxygen atoms in total. The van der Waals surface area contributed by atoms with Crippen molar-refractivity contribution in [3.63, 3.8) is 0 Å². The molecule has 1 aromatic heterocycles. The molecule has 0 aliphatic heterocycles. The summed E-state index contributed by atoms with van der Waals surface area (Å²) in [5, 5.41) is 4.05. The molecule has 0 spiro atoms. The Morgan fingerprint density at radius 2 is 1.86 bits per heavy atom. The van der Waals surface area contributed by atoms with E-state index < -0.39 is 0 Å². The SMILES string of the molecule is CCNC(=NCc1ccc(C(=O)N(C)C)cc1)N(C)Cc1cc(Cl)cn1C.I. The lowest BCUT2D eigenvalue weighted by Gasteiger charge is -2.22. The van der Waals surface area contributed by atoms with Gasteiger partial charge in [0.2, 0.25) is 0 Å². The molecular weight excluding hydrogens is 489 g/mol. The zero-order valence-corrected chi connectivity index (χ0v) is 20.2. The number of guanidine groups is 1. The van der Waals surface area contributed by atoms with Gasteiger partial charge in [0.25, 0.3) is 5.91 Å². The van der Waals surface area contributed by atoms with Crippen molar-refractivity contribution >= 4 is 47.4 Å². The van der Waals surface area contributed by atoms with Gasteiger partial charge in [0, 0.05) is 52.2 Å². The summed E-state index contributed by atoms with van der Waals surface area (Å²) in [7, 11) is 7.48. The molecule has 1 heterocycles. The normalized spacial score (nSPS) is 11.0. The number of hydrogen-bond donors (Lipinski definition) is 1. The van der Waals surface area contributed by atoms with Crippen LogP contribution in [0.4, 0.5) is 0 Å². The molecule has 0 aliphatic rings. The number of nitrogens with zero attached hydrogens (tertiary/aromatic N) is 4. The highest BCUT2D eigenvalue weighted by Gasteiger charge is 2.10. The van der Waals surface area contributed by atoms with Gasteiger partial charge in [-0.05, 0) is 30.7 Å². The number of carbonyl (C=O) groups excluding carboxylic acids is 1. The average Bonchev–Trinajstić information content (AvgIpc) is 2.95. The molecule has 1 amide bonds. The number of halogens is 2. The summed E-state index contributed by atoms with van der Waals surface area (Å²) in [6.07, 6.45) is 1.89. The second-order valence-corrected chi connectivity index (χ2v) is 7.12. The molecule has 28 heavy (non-hydrogen) atoms. The van der Waals surface area contributed by atoms with E-state index in [-0.39, 0.29) is 29.9 Å². The van der Waals surface area contributed by atoms with Gasteiger partial charge in [-0.3, -0.25) is 4.79 Å². The van der Waals surface area contributed by atoms with E-state index in [1.165, 1.54) is 0 Å². The fourth-order valence-electron chi connectivity index (χ4n) is 2.69. The van der Waals surface area contributed by atoms with Crippen LogP contribution in [0.15, 0.2) is 41.5 Å². The van der Waals surface area contributed by atoms with E-state index in [0.29, 0.717) is 18.7 Å². The van der Waals surface area contributed by atoms with Crippen molar-refractivity contribution in [2.24, 2.45) is 12.0 Å². The number of rotatable bonds is 6. The smallest absolute Gasteiger partial charge is 0.253 e. The molecule has 0 radical (unpaired) electrons. The summed E-state index contributed by atoms with van der Waals surface area (Å²) in [6, 6.07) is 9.54. The number of aromatic nitrogens is 1. The molecule has 0 bridgehead atoms. The highest BCUT2D eigenvalue weighted by Crippen LogP contribution is 2.14. The third-order valence-corrected chi connectivity index (χ3v) is 4.40. The van der Waals surface area contributed by atoms with E-state index in [9.17, 15) is 4.79 Å². The second kappa shape index (κ2) is 11.3. The first-order valence-electron chi connectivity index (χ1n) is 8.92. The van der Waals surface area contributed by atoms with Crippen molar-refractivity contribution in [3.05, 3.63) is 58.4 Å². The van der Waals surface area contributed by atoms with Crippen molar-refractivity contribution in [3.8, 4) is 0 Å². The number of benzene rings is 1. The molecule has 0 fully saturated rings. The molecular formula is C20H29ClIN5O. The fourth-order valence-corrected chi connectivity index (χ4v) is 2.96. The van der Waals surface area contributed by atoms with Crippen LogP contribution in [-0.4, -0.2) is 53.9 Å². The summed E-state index contributed by atoms with van der Waals surface area (Å²) in [5.74, 6) is 0.822. The molecule has 2 aromatic rings. The van der Waals surface area contributed by atoms with Gasteiger partial charge in [-0.25, -0.2) is 4.99 Å². The molecule has 154 valence electrons. The Morgan fingerprint density at radius 3 is 2.36 bits per heavy atom. The summed E-state index contributed by atoms with van der Waals surface area (Å²) < 4.78 is 2.02. The third kappa shape index (κ3) is 6.70. The molecule has 0 saturated heterocycles. The van der Waals surface area contributed by atoms with E-state index >= 15 is 0 Å². The molecule has 0 aliphatic carbocycles. The number of amides is 1. The zero-order chi connectivity index (χ0) is 20.0. The van der Waals surface area contributed by atoms with Crippen molar-refractivity contribution < 1.29 is 4.79 Å². The number of aliphatic imine (C=N–C) groups is 1. The first-order valence-corrected chi connectivity index (χ1v) is 9.30. The van der Waals surface area contributed by atoms with Crippen LogP contribution in [0.25, 0.3) is 0 Å². The maximum Gasteiger partial charge on any atom is 0.253 e. The van der Waals surface area contributed by atoms with Gasteiger partial charge in [0.15, 0.2) is 5.96 Å². The van der Waals surface area contributed by atoms with Gasteiger partial charge in [-0.2, -0.15) is 0 Å². The van der Waals surface area contributed by atoms with E-state index in [2.05, 4.69) is 10.2 Å². The van der Waals surface area contributed by atoms with Gasteiger partial charge >= 0.3 is 0 Å². The monoisotopic (exact) mass is 517 g/mol. The van der Waals surface area contributed by atoms with E-state index in [0.717, 1.165) is 28.8 Å². The van der Waals surface area contributed by atoms with Crippen LogP contribution < -0.4 is 5.32 Å². The van der Waals surface area contributed by atoms with E-state index in [4.69, 9.17) is 16.6 Å². The predicted octanol–water partition coefficient (Wildman–Crippen LogP) is 3.60. The van der Waals surface area contributed by atoms with Crippen LogP contribution in [0.2, 0.25) is 5.02 Å². The maximum atomic E-state index is 12.0. The molecule has 8 heteroatoms. The van der Waals surface area contributed by atoms with Crippen molar-refractivity contribution in [1.82, 2.24) is 19.7 Å². The lowest BCUT2D eigenvalue weighted by atomic mass is 10.1. The molecule has 0 atom stereocenters. The largest absolute Gasteiger partial charge is 0.357 e. The van der Waals surface area contributed by atoms with Crippen molar-refractivity contribution in [2.45, 2.75) is 20.0 Å². The minimum absolute atomic E-state index is 0. The van der Waals surface area contributed by atoms with Crippen LogP contribution in [0, 0.1) is 0 Å². The molecule has 0 unspecified atom stereocenters. The van der Waals surface area contributed by atoms with E-state index in [1.54, 1.807) is 19.0 Å². The quantitative estimate of drug-likeness (QED) is 0.362. The first kappa shape index (κ1) is 24.3. The van der Waals surface area contributed by atoms with Crippen LogP contribution in [-0.2, 0) is 20.1 Å². The summed E-state index contributed by atoms with van der Waals surface area (Å²) in [5.41, 5.74) is 2.84. The number of hydrogen-bond acceptors (Lipinski definition) is 2. The Bertz CT molecular complexity index is 801. The van der Waals surface area contributed by atoms with Gasteiger partial charge in [-0.1, -0.05) is 23.7 Å². The molecule has 0 saturated carbocycles. The van der Waals surface area contributed by atoms with Gasteiger partial charge < -0.3 is 19.7 Å². The van der Waals surface area contributed by atoms with Crippen LogP contribution in [0.1, 0.15) is 28.5 Å². The molecule has 1 aromatic carbocycles. The van der Waals surface area contributed by atoms with Crippen LogP contribution in [0.5, 0.6) is 0 Å². The fraction of sp³-hybridized carbons (Fsp3) is 0.400. The minimum atomic E-state index is -0.000600. The van der Waals surface area contributed by atoms with Crippen molar-refractivity contribution in [1.29, 1.82) is 0 Å². The minimum Gasteiger partial charge on any atom is -0.357 e. The van der Waals surface area contributed by atoms with Gasteiger partial charge in [0.1, 0.15) is 0 Å². The number of nitrogens with one attached hydrogen (secondary N) is 1. The Kier molecular flexibility index (Phi) is 9.81. The average molecular weight is 518 g/mol. The highest BCUT2D eigenvalue weighted by atomic mass is 127. The summed E-state index contributed by atoms with van der Waals surface area (Å²) in [4.78, 5) is 20.3. The summed E-state index contributed by atoms with van der Waals surface area (Å²) in [6.45, 7) is 4.07. The van der Waals surface area contributed by atoms with Gasteiger partial charge in [-0.15, -0.1) is 24.0 Å². The van der Waals surface area contributed by atoms with Crippen molar-refractivity contribution in [2.75, 3.05) is 27.7 Å². The van der Waals surface area contributed by atoms with E-state index in [1.807, 2.05) is 62.1 Å². The Balaban J connectivity index is 0.00000392. The highest BCUT2D eigenvalue weighted by molar-refractivity contribution is 14.0. The Hall–Kier alpha value is -1.74.